The highest BCUT2D eigenvalue weighted by Crippen LogP contribution is 2.37. The Morgan fingerprint density at radius 1 is 1.20 bits per heavy atom. The van der Waals surface area contributed by atoms with Gasteiger partial charge in [-0.15, -0.1) is 0 Å². The summed E-state index contributed by atoms with van der Waals surface area (Å²) < 4.78 is 4.59. The molecule has 0 aromatic heterocycles. The van der Waals surface area contributed by atoms with Crippen molar-refractivity contribution >= 4 is 12.0 Å². The van der Waals surface area contributed by atoms with Crippen molar-refractivity contribution in [2.75, 3.05) is 7.11 Å². The van der Waals surface area contributed by atoms with Gasteiger partial charge in [-0.2, -0.15) is 0 Å². The molecule has 1 saturated carbocycles. The van der Waals surface area contributed by atoms with Gasteiger partial charge in [0.2, 0.25) is 5.91 Å². The van der Waals surface area contributed by atoms with E-state index in [0.717, 1.165) is 25.7 Å². The summed E-state index contributed by atoms with van der Waals surface area (Å²) in [4.78, 5) is 23.8. The van der Waals surface area contributed by atoms with Gasteiger partial charge in [-0.25, -0.2) is 4.79 Å². The van der Waals surface area contributed by atoms with Crippen LogP contribution in [0.3, 0.4) is 0 Å². The van der Waals surface area contributed by atoms with Gasteiger partial charge in [0, 0.05) is 5.54 Å². The van der Waals surface area contributed by atoms with E-state index >= 15 is 0 Å². The Hall–Kier alpha value is -1.26. The Bertz CT molecular complexity index is 349. The van der Waals surface area contributed by atoms with Crippen molar-refractivity contribution in [3.63, 3.8) is 0 Å². The van der Waals surface area contributed by atoms with Crippen LogP contribution in [0, 0.1) is 11.8 Å². The summed E-state index contributed by atoms with van der Waals surface area (Å²) in [5, 5.41) is 5.78. The lowest BCUT2D eigenvalue weighted by atomic mass is 9.71. The van der Waals surface area contributed by atoms with Gasteiger partial charge >= 0.3 is 6.09 Å². The molecule has 116 valence electrons. The van der Waals surface area contributed by atoms with E-state index in [9.17, 15) is 9.59 Å². The maximum absolute atomic E-state index is 12.4. The van der Waals surface area contributed by atoms with Gasteiger partial charge in [0.1, 0.15) is 6.04 Å². The van der Waals surface area contributed by atoms with E-state index in [2.05, 4.69) is 29.2 Å². The zero-order valence-corrected chi connectivity index (χ0v) is 13.3. The molecule has 1 aliphatic rings. The minimum absolute atomic E-state index is 0.0188. The molecule has 0 saturated heterocycles. The van der Waals surface area contributed by atoms with Gasteiger partial charge in [-0.3, -0.25) is 4.79 Å². The second-order valence-corrected chi connectivity index (χ2v) is 6.58. The van der Waals surface area contributed by atoms with E-state index in [1.807, 2.05) is 13.8 Å². The fourth-order valence-corrected chi connectivity index (χ4v) is 2.83. The summed E-state index contributed by atoms with van der Waals surface area (Å²) in [5.41, 5.74) is -0.0732. The Labute approximate surface area is 121 Å². The number of alkyl carbamates (subject to hydrolysis) is 1. The van der Waals surface area contributed by atoms with E-state index < -0.39 is 12.1 Å². The molecule has 1 rings (SSSR count). The minimum atomic E-state index is -0.564. The largest absolute Gasteiger partial charge is 0.453 e. The lowest BCUT2D eigenvalue weighted by Gasteiger charge is -2.45. The highest BCUT2D eigenvalue weighted by molar-refractivity contribution is 5.86. The molecule has 1 atom stereocenters. The van der Waals surface area contributed by atoms with Crippen LogP contribution in [0.2, 0.25) is 0 Å². The van der Waals surface area contributed by atoms with Crippen LogP contribution in [0.4, 0.5) is 4.79 Å². The summed E-state index contributed by atoms with van der Waals surface area (Å²) in [5.74, 6) is 0.456. The zero-order valence-electron chi connectivity index (χ0n) is 13.3. The number of carbonyl (C=O) groups excluding carboxylic acids is 2. The third-order valence-corrected chi connectivity index (χ3v) is 3.91. The average Bonchev–Trinajstić information content (AvgIpc) is 2.31. The third-order valence-electron chi connectivity index (χ3n) is 3.91. The van der Waals surface area contributed by atoms with Gasteiger partial charge in [-0.05, 0) is 37.5 Å². The predicted molar refractivity (Wildman–Crippen MR) is 78.3 cm³/mol. The van der Waals surface area contributed by atoms with Crippen LogP contribution in [0.5, 0.6) is 0 Å². The molecule has 0 aromatic carbocycles. The summed E-state index contributed by atoms with van der Waals surface area (Å²) in [6.45, 7) is 8.16. The average molecular weight is 284 g/mol. The lowest BCUT2D eigenvalue weighted by molar-refractivity contribution is -0.127. The van der Waals surface area contributed by atoms with Crippen LogP contribution < -0.4 is 10.6 Å². The van der Waals surface area contributed by atoms with Gasteiger partial charge in [0.25, 0.3) is 0 Å². The van der Waals surface area contributed by atoms with Gasteiger partial charge in [0.05, 0.1) is 7.11 Å². The number of hydrogen-bond donors (Lipinski definition) is 2. The molecule has 1 aliphatic carbocycles. The Balaban J connectivity index is 2.67. The molecule has 0 heterocycles. The number of rotatable bonds is 6. The molecule has 2 amide bonds. The minimum Gasteiger partial charge on any atom is -0.453 e. The topological polar surface area (TPSA) is 67.4 Å². The first-order valence-corrected chi connectivity index (χ1v) is 7.46. The number of hydrogen-bond acceptors (Lipinski definition) is 3. The van der Waals surface area contributed by atoms with E-state index in [4.69, 9.17) is 0 Å². The lowest BCUT2D eigenvalue weighted by Crippen LogP contribution is -2.60. The van der Waals surface area contributed by atoms with Crippen molar-refractivity contribution in [2.24, 2.45) is 11.8 Å². The quantitative estimate of drug-likeness (QED) is 0.787. The molecule has 0 unspecified atom stereocenters. The van der Waals surface area contributed by atoms with Crippen molar-refractivity contribution in [1.82, 2.24) is 10.6 Å². The third kappa shape index (κ3) is 4.39. The Morgan fingerprint density at radius 3 is 2.15 bits per heavy atom. The molecule has 5 heteroatoms. The Morgan fingerprint density at radius 2 is 1.80 bits per heavy atom. The fourth-order valence-electron chi connectivity index (χ4n) is 2.83. The van der Waals surface area contributed by atoms with Crippen LogP contribution in [0.1, 0.15) is 53.4 Å². The molecule has 0 bridgehead atoms. The van der Waals surface area contributed by atoms with Crippen LogP contribution in [0.25, 0.3) is 0 Å². The van der Waals surface area contributed by atoms with Crippen molar-refractivity contribution in [2.45, 2.75) is 65.0 Å². The second-order valence-electron chi connectivity index (χ2n) is 6.58. The van der Waals surface area contributed by atoms with Crippen molar-refractivity contribution in [3.8, 4) is 0 Å². The van der Waals surface area contributed by atoms with Crippen LogP contribution in [-0.2, 0) is 9.53 Å². The monoisotopic (exact) mass is 284 g/mol. The molecule has 1 fully saturated rings. The first kappa shape index (κ1) is 16.8. The normalized spacial score (nSPS) is 18.4. The first-order chi connectivity index (χ1) is 9.29. The molecular formula is C15H28N2O3. The smallest absolute Gasteiger partial charge is 0.407 e. The van der Waals surface area contributed by atoms with Crippen LogP contribution in [-0.4, -0.2) is 30.7 Å². The maximum atomic E-state index is 12.4. The summed E-state index contributed by atoms with van der Waals surface area (Å²) >= 11 is 0. The standard InChI is InChI=1S/C15H28N2O3/c1-10(2)9-15(7-6-8-15)17-13(18)12(11(3)4)16-14(19)20-5/h10-12H,6-9H2,1-5H3,(H,16,19)(H,17,18)/t12-/m0/s1. The Kier molecular flexibility index (Phi) is 5.84. The maximum Gasteiger partial charge on any atom is 0.407 e. The molecule has 2 N–H and O–H groups in total. The molecule has 0 spiro atoms. The molecule has 0 aliphatic heterocycles. The van der Waals surface area contributed by atoms with Crippen LogP contribution >= 0.6 is 0 Å². The fraction of sp³-hybridized carbons (Fsp3) is 0.867. The number of ether oxygens (including phenoxy) is 1. The van der Waals surface area contributed by atoms with E-state index in [-0.39, 0.29) is 17.4 Å². The number of methoxy groups -OCH3 is 1. The van der Waals surface area contributed by atoms with E-state index in [0.29, 0.717) is 5.92 Å². The predicted octanol–water partition coefficient (Wildman–Crippen LogP) is 2.45. The number of amides is 2. The number of carbonyl (C=O) groups is 2. The van der Waals surface area contributed by atoms with E-state index in [1.54, 1.807) is 0 Å². The summed E-state index contributed by atoms with van der Waals surface area (Å²) in [6.07, 6.45) is 3.64. The van der Waals surface area contributed by atoms with E-state index in [1.165, 1.54) is 7.11 Å². The number of nitrogens with one attached hydrogen (secondary N) is 2. The molecule has 20 heavy (non-hydrogen) atoms. The summed E-state index contributed by atoms with van der Waals surface area (Å²) in [6, 6.07) is -0.549. The SMILES string of the molecule is COC(=O)N[C@H](C(=O)NC1(CC(C)C)CCC1)C(C)C. The molecule has 0 aromatic rings. The second kappa shape index (κ2) is 6.95. The van der Waals surface area contributed by atoms with Gasteiger partial charge in [-0.1, -0.05) is 27.7 Å². The summed E-state index contributed by atoms with van der Waals surface area (Å²) in [7, 11) is 1.30. The zero-order chi connectivity index (χ0) is 15.3. The molecule has 5 nitrogen and oxygen atoms in total. The van der Waals surface area contributed by atoms with Crippen molar-refractivity contribution in [1.29, 1.82) is 0 Å². The van der Waals surface area contributed by atoms with Crippen LogP contribution in [0.15, 0.2) is 0 Å². The first-order valence-electron chi connectivity index (χ1n) is 7.46. The molecule has 0 radical (unpaired) electrons. The highest BCUT2D eigenvalue weighted by atomic mass is 16.5. The van der Waals surface area contributed by atoms with Gasteiger partial charge < -0.3 is 15.4 Å². The van der Waals surface area contributed by atoms with Crippen molar-refractivity contribution in [3.05, 3.63) is 0 Å². The highest BCUT2D eigenvalue weighted by Gasteiger charge is 2.40. The van der Waals surface area contributed by atoms with Crippen molar-refractivity contribution < 1.29 is 14.3 Å². The van der Waals surface area contributed by atoms with Gasteiger partial charge in [0.15, 0.2) is 0 Å². The molecular weight excluding hydrogens is 256 g/mol.